The number of primary amides is 1. The monoisotopic (exact) mass is 757 g/mol. The van der Waals surface area contributed by atoms with Gasteiger partial charge in [0.2, 0.25) is 12.8 Å². The number of alkyl halides is 3. The molecule has 6 N–H and O–H groups in total. The number of amides is 3. The third kappa shape index (κ3) is 11.3. The summed E-state index contributed by atoms with van der Waals surface area (Å²) in [5.41, 5.74) is 6.49. The molecule has 0 unspecified atom stereocenters. The molecule has 5 rings (SSSR count). The molecule has 0 fully saturated rings. The number of halogens is 3. The topological polar surface area (TPSA) is 217 Å². The second-order valence-corrected chi connectivity index (χ2v) is 11.4. The Morgan fingerprint density at radius 1 is 1.11 bits per heavy atom. The Bertz CT molecular complexity index is 1860. The second kappa shape index (κ2) is 20.0. The normalized spacial score (nSPS) is 13.7. The molecule has 0 saturated carbocycles. The van der Waals surface area contributed by atoms with Gasteiger partial charge in [-0.2, -0.15) is 13.2 Å². The number of nitrogens with zero attached hydrogens (tertiary/aromatic N) is 6. The van der Waals surface area contributed by atoms with Gasteiger partial charge in [0.15, 0.2) is 23.1 Å². The van der Waals surface area contributed by atoms with Crippen molar-refractivity contribution < 1.29 is 47.2 Å². The van der Waals surface area contributed by atoms with E-state index in [1.807, 2.05) is 11.8 Å². The van der Waals surface area contributed by atoms with Gasteiger partial charge in [-0.1, -0.05) is 13.0 Å². The lowest BCUT2D eigenvalue weighted by Gasteiger charge is -2.35. The van der Waals surface area contributed by atoms with E-state index in [1.54, 1.807) is 25.1 Å². The van der Waals surface area contributed by atoms with Crippen LogP contribution < -0.4 is 25.8 Å². The number of hydrogen-bond donors (Lipinski definition) is 5. The Labute approximate surface area is 309 Å². The number of ether oxygens (including phenoxy) is 2. The number of aromatic hydroxyl groups is 2. The van der Waals surface area contributed by atoms with E-state index in [-0.39, 0.29) is 36.3 Å². The van der Waals surface area contributed by atoms with Crippen molar-refractivity contribution >= 4 is 31.3 Å². The molecule has 1 aromatic heterocycles. The molecule has 290 valence electrons. The molecule has 0 radical (unpaired) electrons. The summed E-state index contributed by atoms with van der Waals surface area (Å²) in [4.78, 5) is 47.4. The number of aryl methyl sites for hydroxylation is 2. The summed E-state index contributed by atoms with van der Waals surface area (Å²) < 4.78 is 47.2. The van der Waals surface area contributed by atoms with Crippen molar-refractivity contribution in [3.05, 3.63) is 82.2 Å². The molecule has 3 amide bonds. The number of phenolic OH excluding ortho intramolecular Hbond substituents is 1. The van der Waals surface area contributed by atoms with Gasteiger partial charge in [-0.25, -0.2) is 20.0 Å². The number of hydrogen-bond acceptors (Lipinski definition) is 12. The molecule has 0 bridgehead atoms. The van der Waals surface area contributed by atoms with E-state index in [0.717, 1.165) is 17.8 Å². The van der Waals surface area contributed by atoms with Crippen molar-refractivity contribution in [3.63, 3.8) is 0 Å². The van der Waals surface area contributed by atoms with Crippen LogP contribution >= 0.6 is 0 Å². The molecule has 0 atom stereocenters. The number of amidine groups is 1. The number of fused-ring (bicyclic) bond motifs is 1. The average Bonchev–Trinajstić information content (AvgIpc) is 3.15. The molecule has 2 aliphatic heterocycles. The number of nitrogens with one attached hydrogen (secondary N) is 2. The highest BCUT2D eigenvalue weighted by molar-refractivity contribution is 6.03. The van der Waals surface area contributed by atoms with E-state index in [1.165, 1.54) is 24.3 Å². The number of hydrazone groups is 1. The quantitative estimate of drug-likeness (QED) is 0.0830. The Morgan fingerprint density at radius 3 is 2.44 bits per heavy atom. The number of carbonyl (C=O) groups excluding carboxylic acids is 3. The molecule has 54 heavy (non-hydrogen) atoms. The molecule has 0 aliphatic carbocycles. The summed E-state index contributed by atoms with van der Waals surface area (Å²) in [6.07, 6.45) is -1.21. The SMILES string of the molecule is C=N/C(=N\N1CNC(CC)=C(N(CCNC=O)CCc2ncnc(C)c2O)C1=O)c1ccc2c(c1)OCCO2.Cc1ccc(C(F)(F)F)cc1O.NC=O. The predicted octanol–water partition coefficient (Wildman–Crippen LogP) is 2.75. The predicted molar refractivity (Wildman–Crippen MR) is 192 cm³/mol. The van der Waals surface area contributed by atoms with Gasteiger partial charge < -0.3 is 41.0 Å². The van der Waals surface area contributed by atoms with Crippen molar-refractivity contribution in [1.29, 1.82) is 0 Å². The average molecular weight is 758 g/mol. The van der Waals surface area contributed by atoms with Gasteiger partial charge in [0.25, 0.3) is 5.91 Å². The fourth-order valence-electron chi connectivity index (χ4n) is 5.07. The number of aromatic nitrogens is 2. The Kier molecular flexibility index (Phi) is 15.6. The van der Waals surface area contributed by atoms with Crippen LogP contribution in [0, 0.1) is 13.8 Å². The van der Waals surface area contributed by atoms with Crippen LogP contribution in [-0.2, 0) is 27.0 Å². The molecule has 16 nitrogen and oxygen atoms in total. The van der Waals surface area contributed by atoms with Crippen molar-refractivity contribution in [2.75, 3.05) is 39.5 Å². The van der Waals surface area contributed by atoms with E-state index in [4.69, 9.17) is 19.4 Å². The van der Waals surface area contributed by atoms with Crippen LogP contribution in [-0.4, -0.2) is 101 Å². The fourth-order valence-corrected chi connectivity index (χ4v) is 5.07. The standard InChI is InChI=1S/C26H32N8O5.C8H7F3O.CH3NO/c1-4-19-23(33(10-8-28-16-35)9-7-20-24(36)17(2)29-14-30-20)26(37)34(15-31-19)32-25(27-3)18-5-6-21-22(13-18)39-12-11-38-21;1-5-2-3-6(4-7(5)12)8(9,10)11;2-1-3/h5-6,13-14,16,31,36H,3-4,7-12,15H2,1-2H3,(H,28,35);2-4,12H,1H3;1H,(H2,2,3)/b32-25-;;. The first-order valence-electron chi connectivity index (χ1n) is 16.5. The lowest BCUT2D eigenvalue weighted by Crippen LogP contribution is -2.48. The van der Waals surface area contributed by atoms with Gasteiger partial charge in [0.05, 0.1) is 17.0 Å². The molecular formula is C35H42F3N9O7. The minimum absolute atomic E-state index is 0.0219. The van der Waals surface area contributed by atoms with Crippen LogP contribution in [0.25, 0.3) is 0 Å². The smallest absolute Gasteiger partial charge is 0.416 e. The molecular weight excluding hydrogens is 715 g/mol. The Hall–Kier alpha value is -6.40. The third-order valence-electron chi connectivity index (χ3n) is 7.85. The zero-order valence-corrected chi connectivity index (χ0v) is 29.9. The van der Waals surface area contributed by atoms with Crippen molar-refractivity contribution in [3.8, 4) is 23.0 Å². The summed E-state index contributed by atoms with van der Waals surface area (Å²) in [5, 5.41) is 31.1. The summed E-state index contributed by atoms with van der Waals surface area (Å²) in [7, 11) is 0. The van der Waals surface area contributed by atoms with Crippen LogP contribution in [0.5, 0.6) is 23.0 Å². The van der Waals surface area contributed by atoms with Crippen LogP contribution in [0.4, 0.5) is 13.2 Å². The van der Waals surface area contributed by atoms with E-state index in [0.29, 0.717) is 91.8 Å². The summed E-state index contributed by atoms with van der Waals surface area (Å²) in [6.45, 7) is 10.9. The van der Waals surface area contributed by atoms with E-state index >= 15 is 0 Å². The van der Waals surface area contributed by atoms with Gasteiger partial charge >= 0.3 is 6.18 Å². The van der Waals surface area contributed by atoms with Gasteiger partial charge in [0.1, 0.15) is 37.7 Å². The minimum Gasteiger partial charge on any atom is -0.508 e. The van der Waals surface area contributed by atoms with Crippen molar-refractivity contribution in [1.82, 2.24) is 30.5 Å². The number of aliphatic imine (C=N–C) groups is 1. The number of benzene rings is 2. The molecule has 0 spiro atoms. The molecule has 3 aromatic rings. The first-order chi connectivity index (χ1) is 25.8. The van der Waals surface area contributed by atoms with Crippen LogP contribution in [0.15, 0.2) is 64.2 Å². The maximum absolute atomic E-state index is 13.8. The van der Waals surface area contributed by atoms with E-state index in [2.05, 4.69) is 43.1 Å². The number of rotatable bonds is 11. The van der Waals surface area contributed by atoms with Gasteiger partial charge in [0, 0.05) is 37.3 Å². The molecule has 3 heterocycles. The number of phenols is 1. The number of allylic oxidation sites excluding steroid dienone is 1. The zero-order chi connectivity index (χ0) is 39.8. The van der Waals surface area contributed by atoms with Crippen molar-refractivity contribution in [2.45, 2.75) is 39.8 Å². The summed E-state index contributed by atoms with van der Waals surface area (Å²) in [5.74, 6) is 0.810. The molecule has 0 saturated heterocycles. The first kappa shape index (κ1) is 42.0. The molecule has 2 aliphatic rings. The van der Waals surface area contributed by atoms with Gasteiger partial charge in [-0.15, -0.1) is 5.10 Å². The third-order valence-corrected chi connectivity index (χ3v) is 7.85. The lowest BCUT2D eigenvalue weighted by atomic mass is 10.1. The first-order valence-corrected chi connectivity index (χ1v) is 16.5. The van der Waals surface area contributed by atoms with Crippen molar-refractivity contribution in [2.24, 2.45) is 15.8 Å². The Morgan fingerprint density at radius 2 is 1.81 bits per heavy atom. The number of nitrogens with two attached hydrogens (primary N) is 1. The summed E-state index contributed by atoms with van der Waals surface area (Å²) >= 11 is 0. The highest BCUT2D eigenvalue weighted by Crippen LogP contribution is 2.33. The largest absolute Gasteiger partial charge is 0.508 e. The minimum atomic E-state index is -4.38. The highest BCUT2D eigenvalue weighted by Gasteiger charge is 2.32. The van der Waals surface area contributed by atoms with Crippen LogP contribution in [0.1, 0.15) is 41.4 Å². The number of carbonyl (C=O) groups is 3. The van der Waals surface area contributed by atoms with Gasteiger partial charge in [-0.05, 0) is 62.9 Å². The maximum atomic E-state index is 13.8. The second-order valence-electron chi connectivity index (χ2n) is 11.4. The molecule has 19 heteroatoms. The van der Waals surface area contributed by atoms with Crippen LogP contribution in [0.3, 0.4) is 0 Å². The Balaban J connectivity index is 0.000000437. The lowest BCUT2D eigenvalue weighted by molar-refractivity contribution is -0.137. The zero-order valence-electron chi connectivity index (χ0n) is 29.9. The van der Waals surface area contributed by atoms with E-state index < -0.39 is 11.7 Å². The van der Waals surface area contributed by atoms with E-state index in [9.17, 15) is 27.9 Å². The fraction of sp³-hybridized carbons (Fsp3) is 0.343. The van der Waals surface area contributed by atoms with Gasteiger partial charge in [-0.3, -0.25) is 14.4 Å². The summed E-state index contributed by atoms with van der Waals surface area (Å²) in [6, 6.07) is 8.20. The maximum Gasteiger partial charge on any atom is 0.416 e. The highest BCUT2D eigenvalue weighted by atomic mass is 19.4. The molecule has 2 aromatic carbocycles. The van der Waals surface area contributed by atoms with Crippen LogP contribution in [0.2, 0.25) is 0 Å².